The zero-order valence-electron chi connectivity index (χ0n) is 7.28. The van der Waals surface area contributed by atoms with Crippen molar-refractivity contribution in [1.82, 2.24) is 5.32 Å². The number of halogens is 1. The fourth-order valence-electron chi connectivity index (χ4n) is 2.07. The lowest BCUT2D eigenvalue weighted by molar-refractivity contribution is 0.269. The molecule has 66 valence electrons. The molecule has 0 spiro atoms. The monoisotopic (exact) mass is 219 g/mol. The Labute approximate surface area is 78.1 Å². The molecule has 1 aliphatic carbocycles. The van der Waals surface area contributed by atoms with Gasteiger partial charge in [0.15, 0.2) is 0 Å². The molecule has 1 fully saturated rings. The van der Waals surface area contributed by atoms with Crippen LogP contribution in [0.5, 0.6) is 0 Å². The maximum atomic E-state index is 3.51. The van der Waals surface area contributed by atoms with Crippen LogP contribution in [-0.4, -0.2) is 18.4 Å². The normalized spacial score (nSPS) is 32.2. The molecule has 0 aliphatic heterocycles. The van der Waals surface area contributed by atoms with Crippen LogP contribution in [0, 0.1) is 5.92 Å². The summed E-state index contributed by atoms with van der Waals surface area (Å²) >= 11 is 3.51. The van der Waals surface area contributed by atoms with Crippen molar-refractivity contribution in [3.05, 3.63) is 0 Å². The average Bonchev–Trinajstić information content (AvgIpc) is 2.06. The average molecular weight is 220 g/mol. The highest BCUT2D eigenvalue weighted by Gasteiger charge is 2.22. The van der Waals surface area contributed by atoms with Crippen molar-refractivity contribution in [3.8, 4) is 0 Å². The van der Waals surface area contributed by atoms with Crippen molar-refractivity contribution in [2.24, 2.45) is 5.92 Å². The third kappa shape index (κ3) is 2.75. The first-order valence-electron chi connectivity index (χ1n) is 4.61. The summed E-state index contributed by atoms with van der Waals surface area (Å²) < 4.78 is 0. The van der Waals surface area contributed by atoms with Gasteiger partial charge in [-0.05, 0) is 32.2 Å². The van der Waals surface area contributed by atoms with Gasteiger partial charge < -0.3 is 5.32 Å². The van der Waals surface area contributed by atoms with Crippen molar-refractivity contribution >= 4 is 15.9 Å². The number of hydrogen-bond donors (Lipinski definition) is 1. The Morgan fingerprint density at radius 3 is 2.73 bits per heavy atom. The van der Waals surface area contributed by atoms with Crippen LogP contribution in [-0.2, 0) is 0 Å². The van der Waals surface area contributed by atoms with Gasteiger partial charge in [-0.1, -0.05) is 28.8 Å². The minimum Gasteiger partial charge on any atom is -0.317 e. The predicted molar refractivity (Wildman–Crippen MR) is 53.2 cm³/mol. The van der Waals surface area contributed by atoms with Gasteiger partial charge in [0.05, 0.1) is 0 Å². The Morgan fingerprint density at radius 2 is 2.09 bits per heavy atom. The molecule has 0 heterocycles. The van der Waals surface area contributed by atoms with Crippen LogP contribution in [0.3, 0.4) is 0 Å². The molecule has 0 bridgehead atoms. The van der Waals surface area contributed by atoms with E-state index in [0.29, 0.717) is 0 Å². The van der Waals surface area contributed by atoms with Gasteiger partial charge in [0.25, 0.3) is 0 Å². The largest absolute Gasteiger partial charge is 0.317 e. The van der Waals surface area contributed by atoms with Crippen molar-refractivity contribution in [3.63, 3.8) is 0 Å². The topological polar surface area (TPSA) is 12.0 Å². The van der Waals surface area contributed by atoms with Gasteiger partial charge in [-0.15, -0.1) is 0 Å². The summed E-state index contributed by atoms with van der Waals surface area (Å²) in [5, 5.41) is 4.58. The van der Waals surface area contributed by atoms with Crippen molar-refractivity contribution < 1.29 is 0 Å². The lowest BCUT2D eigenvalue weighted by Crippen LogP contribution is -2.36. The molecule has 1 nitrogen and oxygen atoms in total. The molecular weight excluding hydrogens is 202 g/mol. The Morgan fingerprint density at radius 1 is 1.36 bits per heavy atom. The van der Waals surface area contributed by atoms with Gasteiger partial charge in [-0.3, -0.25) is 0 Å². The first kappa shape index (κ1) is 9.53. The second-order valence-electron chi connectivity index (χ2n) is 3.42. The van der Waals surface area contributed by atoms with E-state index in [1.54, 1.807) is 0 Å². The third-order valence-electron chi connectivity index (χ3n) is 2.76. The standard InChI is InChI=1S/C9H18BrN/c1-11-9-5-3-2-4-8(9)6-7-10/h8-9,11H,2-7H2,1H3/t8-,9+/m1/s1. The minimum atomic E-state index is 0.793. The molecule has 0 unspecified atom stereocenters. The molecule has 0 aromatic rings. The maximum Gasteiger partial charge on any atom is 0.00926 e. The first-order chi connectivity index (χ1) is 5.38. The van der Waals surface area contributed by atoms with E-state index in [-0.39, 0.29) is 0 Å². The maximum absolute atomic E-state index is 3.51. The summed E-state index contributed by atoms with van der Waals surface area (Å²) in [6.07, 6.45) is 7.01. The number of hydrogen-bond acceptors (Lipinski definition) is 1. The molecule has 1 aliphatic rings. The van der Waals surface area contributed by atoms with E-state index in [4.69, 9.17) is 0 Å². The van der Waals surface area contributed by atoms with Gasteiger partial charge in [0, 0.05) is 11.4 Å². The van der Waals surface area contributed by atoms with Gasteiger partial charge in [0.1, 0.15) is 0 Å². The molecule has 0 saturated heterocycles. The summed E-state index contributed by atoms with van der Waals surface area (Å²) in [5.74, 6) is 0.924. The van der Waals surface area contributed by atoms with Crippen molar-refractivity contribution in [2.75, 3.05) is 12.4 Å². The highest BCUT2D eigenvalue weighted by atomic mass is 79.9. The van der Waals surface area contributed by atoms with Gasteiger partial charge in [-0.25, -0.2) is 0 Å². The Kier molecular flexibility index (Phi) is 4.46. The van der Waals surface area contributed by atoms with Crippen LogP contribution >= 0.6 is 15.9 Å². The summed E-state index contributed by atoms with van der Waals surface area (Å²) in [4.78, 5) is 0. The molecule has 2 atom stereocenters. The highest BCUT2D eigenvalue weighted by Crippen LogP contribution is 2.27. The zero-order valence-corrected chi connectivity index (χ0v) is 8.86. The van der Waals surface area contributed by atoms with E-state index in [1.165, 1.54) is 32.1 Å². The lowest BCUT2D eigenvalue weighted by Gasteiger charge is -2.30. The summed E-state index contributed by atoms with van der Waals surface area (Å²) in [5.41, 5.74) is 0. The smallest absolute Gasteiger partial charge is 0.00926 e. The highest BCUT2D eigenvalue weighted by molar-refractivity contribution is 9.09. The molecule has 11 heavy (non-hydrogen) atoms. The molecular formula is C9H18BrN. The van der Waals surface area contributed by atoms with Crippen LogP contribution in [0.1, 0.15) is 32.1 Å². The molecule has 1 saturated carbocycles. The molecule has 1 N–H and O–H groups in total. The molecule has 0 aromatic heterocycles. The van der Waals surface area contributed by atoms with Crippen LogP contribution in [0.2, 0.25) is 0 Å². The minimum absolute atomic E-state index is 0.793. The van der Waals surface area contributed by atoms with Crippen LogP contribution in [0.4, 0.5) is 0 Å². The third-order valence-corrected chi connectivity index (χ3v) is 3.22. The van der Waals surface area contributed by atoms with Crippen molar-refractivity contribution in [1.29, 1.82) is 0 Å². The molecule has 0 radical (unpaired) electrons. The molecule has 0 aromatic carbocycles. The molecule has 0 amide bonds. The van der Waals surface area contributed by atoms with Crippen LogP contribution in [0.15, 0.2) is 0 Å². The van der Waals surface area contributed by atoms with Crippen LogP contribution in [0.25, 0.3) is 0 Å². The van der Waals surface area contributed by atoms with E-state index < -0.39 is 0 Å². The van der Waals surface area contributed by atoms with E-state index >= 15 is 0 Å². The summed E-state index contributed by atoms with van der Waals surface area (Å²) in [6.45, 7) is 0. The quantitative estimate of drug-likeness (QED) is 0.720. The summed E-state index contributed by atoms with van der Waals surface area (Å²) in [7, 11) is 2.09. The number of nitrogens with one attached hydrogen (secondary N) is 1. The van der Waals surface area contributed by atoms with Crippen molar-refractivity contribution in [2.45, 2.75) is 38.1 Å². The Bertz CT molecular complexity index is 104. The van der Waals surface area contributed by atoms with E-state index in [1.807, 2.05) is 0 Å². The lowest BCUT2D eigenvalue weighted by atomic mass is 9.83. The van der Waals surface area contributed by atoms with E-state index in [0.717, 1.165) is 17.3 Å². The zero-order chi connectivity index (χ0) is 8.10. The second kappa shape index (κ2) is 5.15. The number of rotatable bonds is 3. The SMILES string of the molecule is CN[C@H]1CCCC[C@@H]1CCBr. The fraction of sp³-hybridized carbons (Fsp3) is 1.00. The molecule has 2 heteroatoms. The van der Waals surface area contributed by atoms with E-state index in [9.17, 15) is 0 Å². The van der Waals surface area contributed by atoms with Gasteiger partial charge in [0.2, 0.25) is 0 Å². The summed E-state index contributed by atoms with van der Waals surface area (Å²) in [6, 6.07) is 0.793. The van der Waals surface area contributed by atoms with Gasteiger partial charge >= 0.3 is 0 Å². The number of alkyl halides is 1. The Hall–Kier alpha value is 0.440. The molecule has 1 rings (SSSR count). The van der Waals surface area contributed by atoms with Crippen LogP contribution < -0.4 is 5.32 Å². The first-order valence-corrected chi connectivity index (χ1v) is 5.74. The van der Waals surface area contributed by atoms with E-state index in [2.05, 4.69) is 28.3 Å². The Balaban J connectivity index is 2.31. The fourth-order valence-corrected chi connectivity index (χ4v) is 2.66. The second-order valence-corrected chi connectivity index (χ2v) is 4.21. The van der Waals surface area contributed by atoms with Gasteiger partial charge in [-0.2, -0.15) is 0 Å². The predicted octanol–water partition coefficient (Wildman–Crippen LogP) is 2.55.